The summed E-state index contributed by atoms with van der Waals surface area (Å²) < 4.78 is 13.3. The average molecular weight is 206 g/mol. The average Bonchev–Trinajstić information content (AvgIpc) is 2.19. The Hall–Kier alpha value is -1.51. The van der Waals surface area contributed by atoms with Gasteiger partial charge in [-0.3, -0.25) is 0 Å². The lowest BCUT2D eigenvalue weighted by Crippen LogP contribution is -1.94. The highest BCUT2D eigenvalue weighted by Crippen LogP contribution is 2.18. The number of hydrogen-bond donors (Lipinski definition) is 0. The molecule has 0 spiro atoms. The molecule has 0 aliphatic carbocycles. The van der Waals surface area contributed by atoms with Crippen molar-refractivity contribution in [1.29, 1.82) is 0 Å². The van der Waals surface area contributed by atoms with E-state index in [0.29, 0.717) is 22.4 Å². The molecule has 80 valence electrons. The third-order valence-corrected chi connectivity index (χ3v) is 1.97. The maximum Gasteiger partial charge on any atom is 0.134 e. The number of halogens is 1. The van der Waals surface area contributed by atoms with Gasteiger partial charge in [-0.05, 0) is 26.0 Å². The third-order valence-electron chi connectivity index (χ3n) is 1.97. The Morgan fingerprint density at radius 3 is 2.40 bits per heavy atom. The summed E-state index contributed by atoms with van der Waals surface area (Å²) in [7, 11) is 0. The van der Waals surface area contributed by atoms with Gasteiger partial charge in [0.15, 0.2) is 0 Å². The van der Waals surface area contributed by atoms with Gasteiger partial charge in [-0.1, -0.05) is 19.9 Å². The van der Waals surface area contributed by atoms with Crippen molar-refractivity contribution in [3.63, 3.8) is 0 Å². The predicted octanol–water partition coefficient (Wildman–Crippen LogP) is 3.41. The van der Waals surface area contributed by atoms with E-state index in [1.807, 2.05) is 13.8 Å². The quantitative estimate of drug-likeness (QED) is 0.660. The highest BCUT2D eigenvalue weighted by atomic mass is 19.1. The lowest BCUT2D eigenvalue weighted by molar-refractivity contribution is 0.638. The van der Waals surface area contributed by atoms with Gasteiger partial charge in [0.1, 0.15) is 11.6 Å². The third kappa shape index (κ3) is 2.29. The number of hydrogen-bond acceptors (Lipinski definition) is 2. The SMILES string of the molecule is CC.Cc1nc(C)c2c(F)cccc2n1. The van der Waals surface area contributed by atoms with E-state index in [9.17, 15) is 4.39 Å². The highest BCUT2D eigenvalue weighted by Gasteiger charge is 2.05. The smallest absolute Gasteiger partial charge is 0.134 e. The second-order valence-electron chi connectivity index (χ2n) is 2.99. The van der Waals surface area contributed by atoms with E-state index in [4.69, 9.17) is 0 Å². The molecule has 0 saturated heterocycles. The Morgan fingerprint density at radius 1 is 1.07 bits per heavy atom. The van der Waals surface area contributed by atoms with Gasteiger partial charge >= 0.3 is 0 Å². The van der Waals surface area contributed by atoms with Crippen LogP contribution in [0.25, 0.3) is 10.9 Å². The van der Waals surface area contributed by atoms with Crippen molar-refractivity contribution in [1.82, 2.24) is 9.97 Å². The molecule has 0 atom stereocenters. The van der Waals surface area contributed by atoms with Crippen LogP contribution in [0.4, 0.5) is 4.39 Å². The molecule has 3 heteroatoms. The monoisotopic (exact) mass is 206 g/mol. The zero-order valence-corrected chi connectivity index (χ0v) is 9.50. The Labute approximate surface area is 89.2 Å². The lowest BCUT2D eigenvalue weighted by Gasteiger charge is -2.02. The first-order chi connectivity index (χ1) is 7.18. The van der Waals surface area contributed by atoms with Gasteiger partial charge in [-0.15, -0.1) is 0 Å². The standard InChI is InChI=1S/C10H9FN2.C2H6/c1-6-10-8(11)4-3-5-9(10)13-7(2)12-6;1-2/h3-5H,1-2H3;1-2H3. The summed E-state index contributed by atoms with van der Waals surface area (Å²) in [5, 5.41) is 0.521. The zero-order valence-electron chi connectivity index (χ0n) is 9.50. The van der Waals surface area contributed by atoms with Crippen LogP contribution in [0.2, 0.25) is 0 Å². The molecule has 0 N–H and O–H groups in total. The molecule has 1 aromatic heterocycles. The van der Waals surface area contributed by atoms with E-state index >= 15 is 0 Å². The summed E-state index contributed by atoms with van der Waals surface area (Å²) in [6, 6.07) is 4.87. The second kappa shape index (κ2) is 4.82. The number of fused-ring (bicyclic) bond motifs is 1. The first-order valence-electron chi connectivity index (χ1n) is 5.08. The predicted molar refractivity (Wildman–Crippen MR) is 60.3 cm³/mol. The van der Waals surface area contributed by atoms with Gasteiger partial charge in [0.2, 0.25) is 0 Å². The molecule has 1 aromatic carbocycles. The molecule has 2 aromatic rings. The van der Waals surface area contributed by atoms with Crippen molar-refractivity contribution in [3.8, 4) is 0 Å². The normalized spacial score (nSPS) is 9.67. The molecule has 0 aliphatic rings. The van der Waals surface area contributed by atoms with Crippen LogP contribution < -0.4 is 0 Å². The van der Waals surface area contributed by atoms with Gasteiger partial charge < -0.3 is 0 Å². The highest BCUT2D eigenvalue weighted by molar-refractivity contribution is 5.81. The summed E-state index contributed by atoms with van der Waals surface area (Å²) in [5.41, 5.74) is 1.37. The van der Waals surface area contributed by atoms with Gasteiger partial charge in [0.05, 0.1) is 16.6 Å². The van der Waals surface area contributed by atoms with Crippen LogP contribution in [-0.4, -0.2) is 9.97 Å². The second-order valence-corrected chi connectivity index (χ2v) is 2.99. The molecule has 0 bridgehead atoms. The Morgan fingerprint density at radius 2 is 1.73 bits per heavy atom. The van der Waals surface area contributed by atoms with Crippen LogP contribution in [-0.2, 0) is 0 Å². The molecule has 0 fully saturated rings. The molecule has 15 heavy (non-hydrogen) atoms. The zero-order chi connectivity index (χ0) is 11.4. The fraction of sp³-hybridized carbons (Fsp3) is 0.333. The maximum absolute atomic E-state index is 13.3. The first-order valence-corrected chi connectivity index (χ1v) is 5.08. The molecule has 0 amide bonds. The van der Waals surface area contributed by atoms with Gasteiger partial charge in [-0.25, -0.2) is 14.4 Å². The van der Waals surface area contributed by atoms with E-state index in [0.717, 1.165) is 0 Å². The van der Waals surface area contributed by atoms with Crippen molar-refractivity contribution < 1.29 is 4.39 Å². The van der Waals surface area contributed by atoms with Crippen LogP contribution in [0.5, 0.6) is 0 Å². The molecule has 0 saturated carbocycles. The summed E-state index contributed by atoms with van der Waals surface area (Å²) in [5.74, 6) is 0.422. The summed E-state index contributed by atoms with van der Waals surface area (Å²) in [6.07, 6.45) is 0. The van der Waals surface area contributed by atoms with E-state index in [-0.39, 0.29) is 5.82 Å². The Balaban J connectivity index is 0.000000531. The Bertz CT molecular complexity index is 466. The van der Waals surface area contributed by atoms with E-state index in [1.165, 1.54) is 6.07 Å². The minimum absolute atomic E-state index is 0.255. The fourth-order valence-corrected chi connectivity index (χ4v) is 1.46. The molecule has 0 aliphatic heterocycles. The molecular formula is C12H15FN2. The van der Waals surface area contributed by atoms with Crippen molar-refractivity contribution >= 4 is 10.9 Å². The molecule has 0 radical (unpaired) electrons. The molecule has 2 rings (SSSR count). The van der Waals surface area contributed by atoms with Gasteiger partial charge in [0, 0.05) is 0 Å². The first kappa shape index (κ1) is 11.6. The largest absolute Gasteiger partial charge is 0.238 e. The molecule has 0 unspecified atom stereocenters. The number of rotatable bonds is 0. The van der Waals surface area contributed by atoms with E-state index in [1.54, 1.807) is 26.0 Å². The minimum Gasteiger partial charge on any atom is -0.238 e. The number of nitrogens with zero attached hydrogens (tertiary/aromatic N) is 2. The lowest BCUT2D eigenvalue weighted by atomic mass is 10.2. The molecular weight excluding hydrogens is 191 g/mol. The van der Waals surface area contributed by atoms with Crippen molar-refractivity contribution in [2.75, 3.05) is 0 Å². The van der Waals surface area contributed by atoms with Crippen LogP contribution in [0.15, 0.2) is 18.2 Å². The molecule has 1 heterocycles. The van der Waals surface area contributed by atoms with Crippen LogP contribution in [0, 0.1) is 19.7 Å². The topological polar surface area (TPSA) is 25.8 Å². The Kier molecular flexibility index (Phi) is 3.72. The number of aromatic nitrogens is 2. The van der Waals surface area contributed by atoms with Crippen LogP contribution in [0.3, 0.4) is 0 Å². The van der Waals surface area contributed by atoms with Crippen molar-refractivity contribution in [2.45, 2.75) is 27.7 Å². The molecule has 2 nitrogen and oxygen atoms in total. The minimum atomic E-state index is -0.255. The van der Waals surface area contributed by atoms with Crippen LogP contribution in [0.1, 0.15) is 25.4 Å². The van der Waals surface area contributed by atoms with Crippen LogP contribution >= 0.6 is 0 Å². The van der Waals surface area contributed by atoms with Crippen molar-refractivity contribution in [3.05, 3.63) is 35.5 Å². The summed E-state index contributed by atoms with van der Waals surface area (Å²) in [6.45, 7) is 7.59. The van der Waals surface area contributed by atoms with Crippen molar-refractivity contribution in [2.24, 2.45) is 0 Å². The number of benzene rings is 1. The van der Waals surface area contributed by atoms with Gasteiger partial charge in [0.25, 0.3) is 0 Å². The van der Waals surface area contributed by atoms with Gasteiger partial charge in [-0.2, -0.15) is 0 Å². The number of aryl methyl sites for hydroxylation is 2. The maximum atomic E-state index is 13.3. The van der Waals surface area contributed by atoms with E-state index in [2.05, 4.69) is 9.97 Å². The fourth-order valence-electron chi connectivity index (χ4n) is 1.46. The summed E-state index contributed by atoms with van der Waals surface area (Å²) >= 11 is 0. The summed E-state index contributed by atoms with van der Waals surface area (Å²) in [4.78, 5) is 8.26. The van der Waals surface area contributed by atoms with E-state index < -0.39 is 0 Å².